The molecule has 1 fully saturated rings. The van der Waals surface area contributed by atoms with Gasteiger partial charge in [-0.05, 0) is 19.8 Å². The van der Waals surface area contributed by atoms with E-state index < -0.39 is 12.0 Å². The Morgan fingerprint density at radius 2 is 2.04 bits per heavy atom. The van der Waals surface area contributed by atoms with Crippen molar-refractivity contribution >= 4 is 17.8 Å². The van der Waals surface area contributed by atoms with Crippen molar-refractivity contribution in [2.75, 3.05) is 25.2 Å². The van der Waals surface area contributed by atoms with Crippen molar-refractivity contribution in [3.63, 3.8) is 0 Å². The highest BCUT2D eigenvalue weighted by Crippen LogP contribution is 2.29. The average Bonchev–Trinajstić information content (AvgIpc) is 3.17. The van der Waals surface area contributed by atoms with E-state index in [0.717, 1.165) is 12.0 Å². The summed E-state index contributed by atoms with van der Waals surface area (Å²) in [5.74, 6) is 0.0594. The minimum absolute atomic E-state index is 0.249. The van der Waals surface area contributed by atoms with Crippen molar-refractivity contribution in [3.05, 3.63) is 42.1 Å². The topological polar surface area (TPSA) is 81.6 Å². The van der Waals surface area contributed by atoms with Gasteiger partial charge in [-0.25, -0.2) is 19.6 Å². The lowest BCUT2D eigenvalue weighted by atomic mass is 10.2. The summed E-state index contributed by atoms with van der Waals surface area (Å²) in [6, 6.07) is 9.02. The Balaban J connectivity index is 2.07. The SMILES string of the molecule is CCOC(=O)c1cnc(-c2ccccc2)nc1N1CCC[C@H]1C(=O)OC. The molecule has 1 aromatic heterocycles. The Hall–Kier alpha value is -2.96. The van der Waals surface area contributed by atoms with E-state index in [1.54, 1.807) is 6.92 Å². The lowest BCUT2D eigenvalue weighted by molar-refractivity contribution is -0.141. The second-order valence-electron chi connectivity index (χ2n) is 5.89. The number of aromatic nitrogens is 2. The van der Waals surface area contributed by atoms with E-state index >= 15 is 0 Å². The summed E-state index contributed by atoms with van der Waals surface area (Å²) >= 11 is 0. The van der Waals surface area contributed by atoms with E-state index in [9.17, 15) is 9.59 Å². The Kier molecular flexibility index (Phi) is 5.46. The summed E-state index contributed by atoms with van der Waals surface area (Å²) < 4.78 is 10.0. The summed E-state index contributed by atoms with van der Waals surface area (Å²) in [6.45, 7) is 2.60. The average molecular weight is 355 g/mol. The standard InChI is InChI=1S/C19H21N3O4/c1-3-26-18(23)14-12-20-16(13-8-5-4-6-9-13)21-17(14)22-11-7-10-15(22)19(24)25-2/h4-6,8-9,12,15H,3,7,10-11H2,1-2H3/t15-/m0/s1. The molecule has 2 heterocycles. The van der Waals surface area contributed by atoms with Gasteiger partial charge in [0.05, 0.1) is 13.7 Å². The Bertz CT molecular complexity index is 795. The molecule has 1 aliphatic rings. The summed E-state index contributed by atoms with van der Waals surface area (Å²) in [6.07, 6.45) is 2.93. The molecule has 136 valence electrons. The number of methoxy groups -OCH3 is 1. The number of nitrogens with zero attached hydrogens (tertiary/aromatic N) is 3. The van der Waals surface area contributed by atoms with Crippen LogP contribution in [0.5, 0.6) is 0 Å². The fourth-order valence-electron chi connectivity index (χ4n) is 3.07. The fourth-order valence-corrected chi connectivity index (χ4v) is 3.07. The molecule has 26 heavy (non-hydrogen) atoms. The molecule has 7 heteroatoms. The molecule has 7 nitrogen and oxygen atoms in total. The van der Waals surface area contributed by atoms with E-state index in [2.05, 4.69) is 9.97 Å². The molecule has 0 amide bonds. The number of carbonyl (C=O) groups excluding carboxylic acids is 2. The Morgan fingerprint density at radius 3 is 2.73 bits per heavy atom. The number of rotatable bonds is 5. The quantitative estimate of drug-likeness (QED) is 0.762. The van der Waals surface area contributed by atoms with Crippen molar-refractivity contribution in [1.82, 2.24) is 9.97 Å². The van der Waals surface area contributed by atoms with Crippen molar-refractivity contribution in [2.24, 2.45) is 0 Å². The normalized spacial score (nSPS) is 16.4. The van der Waals surface area contributed by atoms with Crippen molar-refractivity contribution in [1.29, 1.82) is 0 Å². The molecule has 0 N–H and O–H groups in total. The molecular weight excluding hydrogens is 334 g/mol. The van der Waals surface area contributed by atoms with Gasteiger partial charge in [-0.1, -0.05) is 30.3 Å². The summed E-state index contributed by atoms with van der Waals surface area (Å²) in [7, 11) is 1.36. The Labute approximate surface area is 152 Å². The lowest BCUT2D eigenvalue weighted by Gasteiger charge is -2.25. The molecule has 2 aromatic rings. The van der Waals surface area contributed by atoms with Gasteiger partial charge >= 0.3 is 11.9 Å². The van der Waals surface area contributed by atoms with Gasteiger partial charge < -0.3 is 14.4 Å². The van der Waals surface area contributed by atoms with Crippen LogP contribution in [0.3, 0.4) is 0 Å². The van der Waals surface area contributed by atoms with Crippen LogP contribution < -0.4 is 4.90 Å². The molecular formula is C19H21N3O4. The first-order valence-electron chi connectivity index (χ1n) is 8.59. The lowest BCUT2D eigenvalue weighted by Crippen LogP contribution is -2.38. The maximum absolute atomic E-state index is 12.4. The second-order valence-corrected chi connectivity index (χ2v) is 5.89. The highest BCUT2D eigenvalue weighted by molar-refractivity contribution is 5.96. The van der Waals surface area contributed by atoms with Gasteiger partial charge in [0.25, 0.3) is 0 Å². The third-order valence-corrected chi connectivity index (χ3v) is 4.29. The van der Waals surface area contributed by atoms with Crippen LogP contribution >= 0.6 is 0 Å². The third kappa shape index (κ3) is 3.51. The van der Waals surface area contributed by atoms with Gasteiger partial charge in [0.15, 0.2) is 5.82 Å². The minimum atomic E-state index is -0.502. The van der Waals surface area contributed by atoms with Gasteiger partial charge in [-0.15, -0.1) is 0 Å². The maximum atomic E-state index is 12.4. The molecule has 1 atom stereocenters. The smallest absolute Gasteiger partial charge is 0.343 e. The van der Waals surface area contributed by atoms with Crippen LogP contribution in [-0.4, -0.2) is 48.2 Å². The molecule has 0 radical (unpaired) electrons. The largest absolute Gasteiger partial charge is 0.467 e. The highest BCUT2D eigenvalue weighted by Gasteiger charge is 2.35. The molecule has 1 aromatic carbocycles. The zero-order valence-electron chi connectivity index (χ0n) is 14.8. The zero-order valence-corrected chi connectivity index (χ0v) is 14.8. The monoisotopic (exact) mass is 355 g/mol. The van der Waals surface area contributed by atoms with Crippen LogP contribution in [-0.2, 0) is 14.3 Å². The first-order chi connectivity index (χ1) is 12.7. The number of hydrogen-bond donors (Lipinski definition) is 0. The van der Waals surface area contributed by atoms with Gasteiger partial charge in [0.1, 0.15) is 17.4 Å². The number of hydrogen-bond acceptors (Lipinski definition) is 7. The first kappa shape index (κ1) is 17.8. The van der Waals surface area contributed by atoms with Gasteiger partial charge in [0.2, 0.25) is 0 Å². The van der Waals surface area contributed by atoms with Gasteiger partial charge in [-0.2, -0.15) is 0 Å². The van der Waals surface area contributed by atoms with Gasteiger partial charge in [0, 0.05) is 18.3 Å². The predicted molar refractivity (Wildman–Crippen MR) is 95.8 cm³/mol. The number of esters is 2. The molecule has 0 aliphatic carbocycles. The van der Waals surface area contributed by atoms with Gasteiger partial charge in [-0.3, -0.25) is 0 Å². The fraction of sp³-hybridized carbons (Fsp3) is 0.368. The number of benzene rings is 1. The zero-order chi connectivity index (χ0) is 18.5. The molecule has 1 saturated heterocycles. The van der Waals surface area contributed by atoms with Crippen LogP contribution in [0.4, 0.5) is 5.82 Å². The van der Waals surface area contributed by atoms with Crippen LogP contribution in [0.25, 0.3) is 11.4 Å². The number of ether oxygens (including phenoxy) is 2. The summed E-state index contributed by atoms with van der Waals surface area (Å²) in [5, 5.41) is 0. The summed E-state index contributed by atoms with van der Waals surface area (Å²) in [4.78, 5) is 35.2. The van der Waals surface area contributed by atoms with Crippen LogP contribution in [0.15, 0.2) is 36.5 Å². The predicted octanol–water partition coefficient (Wildman–Crippen LogP) is 2.46. The highest BCUT2D eigenvalue weighted by atomic mass is 16.5. The molecule has 3 rings (SSSR count). The molecule has 0 saturated carbocycles. The van der Waals surface area contributed by atoms with Crippen molar-refractivity contribution in [2.45, 2.75) is 25.8 Å². The number of anilines is 1. The van der Waals surface area contributed by atoms with Crippen LogP contribution in [0, 0.1) is 0 Å². The minimum Gasteiger partial charge on any atom is -0.467 e. The molecule has 0 bridgehead atoms. The second kappa shape index (κ2) is 7.95. The van der Waals surface area contributed by atoms with E-state index in [0.29, 0.717) is 24.6 Å². The third-order valence-electron chi connectivity index (χ3n) is 4.29. The van der Waals surface area contributed by atoms with E-state index in [4.69, 9.17) is 9.47 Å². The molecule has 0 unspecified atom stereocenters. The molecule has 1 aliphatic heterocycles. The first-order valence-corrected chi connectivity index (χ1v) is 8.59. The van der Waals surface area contributed by atoms with E-state index in [-0.39, 0.29) is 18.1 Å². The van der Waals surface area contributed by atoms with Crippen LogP contribution in [0.2, 0.25) is 0 Å². The Morgan fingerprint density at radius 1 is 1.27 bits per heavy atom. The van der Waals surface area contributed by atoms with E-state index in [1.165, 1.54) is 13.3 Å². The van der Waals surface area contributed by atoms with Crippen LogP contribution in [0.1, 0.15) is 30.1 Å². The summed E-state index contributed by atoms with van der Waals surface area (Å²) in [5.41, 5.74) is 1.08. The van der Waals surface area contributed by atoms with Crippen molar-refractivity contribution in [3.8, 4) is 11.4 Å². The van der Waals surface area contributed by atoms with E-state index in [1.807, 2.05) is 35.2 Å². The maximum Gasteiger partial charge on any atom is 0.343 e. The van der Waals surface area contributed by atoms with Crippen molar-refractivity contribution < 1.29 is 19.1 Å². The number of carbonyl (C=O) groups is 2. The molecule has 0 spiro atoms.